The standard InChI is InChI=1S/C18H35NO2/c1-5-11-19-16(17(14(3)4)20-6-2)15-8-12-21-18(13-15)9-7-10-18/h14-17,19H,5-13H2,1-4H3. The maximum absolute atomic E-state index is 6.13. The van der Waals surface area contributed by atoms with Crippen LogP contribution in [0.2, 0.25) is 0 Å². The molecule has 1 aliphatic carbocycles. The highest BCUT2D eigenvalue weighted by atomic mass is 16.5. The maximum atomic E-state index is 6.13. The summed E-state index contributed by atoms with van der Waals surface area (Å²) in [6.07, 6.45) is 7.79. The van der Waals surface area contributed by atoms with Gasteiger partial charge in [-0.15, -0.1) is 0 Å². The Kier molecular flexibility index (Phi) is 6.51. The molecule has 3 atom stereocenters. The molecule has 1 heterocycles. The molecule has 0 aromatic rings. The first-order valence-electron chi connectivity index (χ1n) is 9.11. The third-order valence-electron chi connectivity index (χ3n) is 5.30. The Morgan fingerprint density at radius 1 is 1.29 bits per heavy atom. The summed E-state index contributed by atoms with van der Waals surface area (Å²) in [4.78, 5) is 0. The van der Waals surface area contributed by atoms with Gasteiger partial charge in [-0.1, -0.05) is 20.8 Å². The number of nitrogens with one attached hydrogen (secondary N) is 1. The van der Waals surface area contributed by atoms with Crippen molar-refractivity contribution >= 4 is 0 Å². The van der Waals surface area contributed by atoms with Gasteiger partial charge in [0.25, 0.3) is 0 Å². The highest BCUT2D eigenvalue weighted by Crippen LogP contribution is 2.45. The van der Waals surface area contributed by atoms with E-state index in [0.717, 1.165) is 19.8 Å². The lowest BCUT2D eigenvalue weighted by Gasteiger charge is -2.50. The van der Waals surface area contributed by atoms with Gasteiger partial charge in [0.05, 0.1) is 11.7 Å². The van der Waals surface area contributed by atoms with E-state index in [9.17, 15) is 0 Å². The molecule has 3 heteroatoms. The van der Waals surface area contributed by atoms with Crippen LogP contribution in [0.3, 0.4) is 0 Å². The molecule has 21 heavy (non-hydrogen) atoms. The number of ether oxygens (including phenoxy) is 2. The maximum Gasteiger partial charge on any atom is 0.0753 e. The molecule has 2 fully saturated rings. The minimum absolute atomic E-state index is 0.225. The van der Waals surface area contributed by atoms with Gasteiger partial charge in [-0.3, -0.25) is 0 Å². The molecule has 0 aromatic heterocycles. The van der Waals surface area contributed by atoms with Crippen LogP contribution in [0.1, 0.15) is 66.2 Å². The molecule has 0 amide bonds. The fourth-order valence-electron chi connectivity index (χ4n) is 4.06. The second-order valence-electron chi connectivity index (χ2n) is 7.28. The van der Waals surface area contributed by atoms with Gasteiger partial charge in [-0.05, 0) is 63.8 Å². The average Bonchev–Trinajstić information content (AvgIpc) is 2.45. The molecule has 1 saturated carbocycles. The van der Waals surface area contributed by atoms with Crippen molar-refractivity contribution in [1.82, 2.24) is 5.32 Å². The van der Waals surface area contributed by atoms with Gasteiger partial charge in [0.2, 0.25) is 0 Å². The molecule has 0 bridgehead atoms. The Balaban J connectivity index is 2.05. The summed E-state index contributed by atoms with van der Waals surface area (Å²) < 4.78 is 12.3. The average molecular weight is 297 g/mol. The second kappa shape index (κ2) is 7.94. The monoisotopic (exact) mass is 297 g/mol. The van der Waals surface area contributed by atoms with Crippen LogP contribution in [0.25, 0.3) is 0 Å². The van der Waals surface area contributed by atoms with Crippen LogP contribution >= 0.6 is 0 Å². The van der Waals surface area contributed by atoms with E-state index in [0.29, 0.717) is 24.0 Å². The lowest BCUT2D eigenvalue weighted by molar-refractivity contribution is -0.154. The largest absolute Gasteiger partial charge is 0.377 e. The van der Waals surface area contributed by atoms with Crippen molar-refractivity contribution in [2.24, 2.45) is 11.8 Å². The second-order valence-corrected chi connectivity index (χ2v) is 7.28. The first-order valence-corrected chi connectivity index (χ1v) is 9.11. The zero-order valence-electron chi connectivity index (χ0n) is 14.5. The lowest BCUT2D eigenvalue weighted by atomic mass is 9.69. The Bertz CT molecular complexity index is 302. The Hall–Kier alpha value is -0.120. The van der Waals surface area contributed by atoms with E-state index < -0.39 is 0 Å². The van der Waals surface area contributed by atoms with Crippen molar-refractivity contribution in [2.45, 2.75) is 84.0 Å². The Morgan fingerprint density at radius 3 is 2.57 bits per heavy atom. The fourth-order valence-corrected chi connectivity index (χ4v) is 4.06. The van der Waals surface area contributed by atoms with Crippen molar-refractivity contribution in [3.8, 4) is 0 Å². The Labute approximate surface area is 131 Å². The molecule has 1 aliphatic heterocycles. The van der Waals surface area contributed by atoms with Crippen LogP contribution in [-0.4, -0.2) is 37.5 Å². The van der Waals surface area contributed by atoms with E-state index >= 15 is 0 Å². The van der Waals surface area contributed by atoms with Gasteiger partial charge in [-0.2, -0.15) is 0 Å². The number of rotatable bonds is 8. The minimum atomic E-state index is 0.225. The normalized spacial score (nSPS) is 27.6. The summed E-state index contributed by atoms with van der Waals surface area (Å²) >= 11 is 0. The molecule has 124 valence electrons. The predicted molar refractivity (Wildman–Crippen MR) is 87.6 cm³/mol. The van der Waals surface area contributed by atoms with Crippen molar-refractivity contribution in [3.05, 3.63) is 0 Å². The van der Waals surface area contributed by atoms with Crippen LogP contribution in [0.15, 0.2) is 0 Å². The summed E-state index contributed by atoms with van der Waals surface area (Å²) in [6.45, 7) is 11.8. The highest BCUT2D eigenvalue weighted by molar-refractivity contribution is 4.98. The number of hydrogen-bond acceptors (Lipinski definition) is 3. The molecule has 0 aromatic carbocycles. The smallest absolute Gasteiger partial charge is 0.0753 e. The van der Waals surface area contributed by atoms with Gasteiger partial charge in [0.15, 0.2) is 0 Å². The summed E-state index contributed by atoms with van der Waals surface area (Å²) in [5.74, 6) is 1.25. The first kappa shape index (κ1) is 17.2. The van der Waals surface area contributed by atoms with Crippen molar-refractivity contribution in [3.63, 3.8) is 0 Å². The first-order chi connectivity index (χ1) is 10.1. The summed E-state index contributed by atoms with van der Waals surface area (Å²) in [5.41, 5.74) is 0.225. The topological polar surface area (TPSA) is 30.5 Å². The quantitative estimate of drug-likeness (QED) is 0.740. The van der Waals surface area contributed by atoms with E-state index in [1.807, 2.05) is 0 Å². The molecule has 1 N–H and O–H groups in total. The third kappa shape index (κ3) is 4.20. The van der Waals surface area contributed by atoms with Crippen molar-refractivity contribution in [1.29, 1.82) is 0 Å². The lowest BCUT2D eigenvalue weighted by Crippen LogP contribution is -2.55. The summed E-state index contributed by atoms with van der Waals surface area (Å²) in [6, 6.07) is 0.478. The van der Waals surface area contributed by atoms with Crippen molar-refractivity contribution in [2.75, 3.05) is 19.8 Å². The molecule has 3 unspecified atom stereocenters. The molecular formula is C18H35NO2. The fraction of sp³-hybridized carbons (Fsp3) is 1.00. The molecule has 1 spiro atoms. The van der Waals surface area contributed by atoms with Gasteiger partial charge in [0.1, 0.15) is 0 Å². The molecule has 1 saturated heterocycles. The van der Waals surface area contributed by atoms with E-state index in [2.05, 4.69) is 33.0 Å². The van der Waals surface area contributed by atoms with E-state index in [1.54, 1.807) is 0 Å². The van der Waals surface area contributed by atoms with Crippen LogP contribution in [0, 0.1) is 11.8 Å². The highest BCUT2D eigenvalue weighted by Gasteiger charge is 2.45. The zero-order chi connectivity index (χ0) is 15.3. The van der Waals surface area contributed by atoms with Gasteiger partial charge < -0.3 is 14.8 Å². The Morgan fingerprint density at radius 2 is 2.05 bits per heavy atom. The van der Waals surface area contributed by atoms with E-state index in [-0.39, 0.29) is 5.60 Å². The van der Waals surface area contributed by atoms with Crippen LogP contribution in [-0.2, 0) is 9.47 Å². The summed E-state index contributed by atoms with van der Waals surface area (Å²) in [7, 11) is 0. The molecule has 2 rings (SSSR count). The molecule has 3 nitrogen and oxygen atoms in total. The van der Waals surface area contributed by atoms with Gasteiger partial charge in [0, 0.05) is 19.3 Å². The molecule has 2 aliphatic rings. The predicted octanol–water partition coefficient (Wildman–Crippen LogP) is 3.77. The van der Waals surface area contributed by atoms with Crippen LogP contribution in [0.5, 0.6) is 0 Å². The zero-order valence-corrected chi connectivity index (χ0v) is 14.5. The van der Waals surface area contributed by atoms with Crippen LogP contribution in [0.4, 0.5) is 0 Å². The van der Waals surface area contributed by atoms with Crippen molar-refractivity contribution < 1.29 is 9.47 Å². The SMILES string of the molecule is CCCNC(C1CCOC2(CCC2)C1)C(OCC)C(C)C. The van der Waals surface area contributed by atoms with Crippen LogP contribution < -0.4 is 5.32 Å². The summed E-state index contributed by atoms with van der Waals surface area (Å²) in [5, 5.41) is 3.81. The van der Waals surface area contributed by atoms with E-state index in [4.69, 9.17) is 9.47 Å². The van der Waals surface area contributed by atoms with Gasteiger partial charge in [-0.25, -0.2) is 0 Å². The third-order valence-corrected chi connectivity index (χ3v) is 5.30. The number of hydrogen-bond donors (Lipinski definition) is 1. The van der Waals surface area contributed by atoms with Gasteiger partial charge >= 0.3 is 0 Å². The minimum Gasteiger partial charge on any atom is -0.377 e. The molecular weight excluding hydrogens is 262 g/mol. The molecule has 0 radical (unpaired) electrons. The van der Waals surface area contributed by atoms with E-state index in [1.165, 1.54) is 38.5 Å².